The number of esters is 1. The monoisotopic (exact) mass is 461 g/mol. The number of aromatic nitrogens is 2. The molecule has 0 unspecified atom stereocenters. The molecule has 0 spiro atoms. The molecule has 0 fully saturated rings. The van der Waals surface area contributed by atoms with Gasteiger partial charge in [-0.3, -0.25) is 4.72 Å². The van der Waals surface area contributed by atoms with Gasteiger partial charge in [-0.25, -0.2) is 23.2 Å². The number of hydrogen-bond acceptors (Lipinski definition) is 6. The number of hydrogen-bond donors (Lipinski definition) is 1. The van der Waals surface area contributed by atoms with Gasteiger partial charge in [-0.1, -0.05) is 42.5 Å². The van der Waals surface area contributed by atoms with Crippen molar-refractivity contribution < 1.29 is 17.9 Å². The van der Waals surface area contributed by atoms with Crippen LogP contribution >= 0.6 is 0 Å². The van der Waals surface area contributed by atoms with Gasteiger partial charge in [-0.05, 0) is 44.2 Å². The summed E-state index contributed by atoms with van der Waals surface area (Å²) in [6.45, 7) is 3.24. The average Bonchev–Trinajstić information content (AvgIpc) is 2.83. The molecule has 0 amide bonds. The zero-order valence-corrected chi connectivity index (χ0v) is 19.3. The largest absolute Gasteiger partial charge is 0.465 e. The summed E-state index contributed by atoms with van der Waals surface area (Å²) in [6, 6.07) is 21.7. The molecule has 0 aliphatic rings. The Morgan fingerprint density at radius 3 is 2.06 bits per heavy atom. The Morgan fingerprint density at radius 2 is 1.45 bits per heavy atom. The highest BCUT2D eigenvalue weighted by molar-refractivity contribution is 7.93. The first-order chi connectivity index (χ1) is 15.8. The Hall–Kier alpha value is -3.78. The predicted molar refractivity (Wildman–Crippen MR) is 129 cm³/mol. The molecule has 1 aromatic heterocycles. The Bertz CT molecular complexity index is 1420. The second-order valence-corrected chi connectivity index (χ2v) is 9.99. The number of nitrogens with zero attached hydrogens (tertiary/aromatic N) is 2. The molecule has 0 bridgehead atoms. The molecule has 0 saturated carbocycles. The van der Waals surface area contributed by atoms with Crippen LogP contribution in [0.3, 0.4) is 0 Å². The molecule has 4 aromatic rings. The Morgan fingerprint density at radius 1 is 0.848 bits per heavy atom. The first-order valence-electron chi connectivity index (χ1n) is 10.4. The molecule has 1 heterocycles. The van der Waals surface area contributed by atoms with Gasteiger partial charge in [0, 0.05) is 16.8 Å². The van der Waals surface area contributed by atoms with Gasteiger partial charge >= 0.3 is 5.97 Å². The third-order valence-corrected chi connectivity index (χ3v) is 6.93. The summed E-state index contributed by atoms with van der Waals surface area (Å²) in [5.74, 6) is -0.450. The Kier molecular flexibility index (Phi) is 6.11. The van der Waals surface area contributed by atoms with E-state index < -0.39 is 21.2 Å². The molecule has 0 aliphatic carbocycles. The number of benzene rings is 3. The number of carbonyl (C=O) groups excluding carboxylic acids is 1. The van der Waals surface area contributed by atoms with Crippen LogP contribution in [0.2, 0.25) is 0 Å². The highest BCUT2D eigenvalue weighted by Crippen LogP contribution is 2.32. The summed E-state index contributed by atoms with van der Waals surface area (Å²) < 4.78 is 31.8. The summed E-state index contributed by atoms with van der Waals surface area (Å²) in [5.41, 5.74) is 5.01. The van der Waals surface area contributed by atoms with E-state index in [0.717, 1.165) is 11.1 Å². The fraction of sp³-hybridized carbons (Fsp3) is 0.160. The van der Waals surface area contributed by atoms with E-state index in [0.29, 0.717) is 33.7 Å². The number of rotatable bonds is 6. The van der Waals surface area contributed by atoms with Crippen LogP contribution in [-0.2, 0) is 14.8 Å². The third kappa shape index (κ3) is 4.70. The number of nitrogens with one attached hydrogen (secondary N) is 1. The van der Waals surface area contributed by atoms with Crippen LogP contribution < -0.4 is 4.72 Å². The first kappa shape index (κ1) is 22.4. The summed E-state index contributed by atoms with van der Waals surface area (Å²) in [4.78, 5) is 21.6. The zero-order chi connectivity index (χ0) is 23.6. The molecule has 0 aliphatic heterocycles. The van der Waals surface area contributed by atoms with E-state index in [1.807, 2.05) is 30.3 Å². The van der Waals surface area contributed by atoms with E-state index >= 15 is 0 Å². The van der Waals surface area contributed by atoms with Crippen molar-refractivity contribution in [1.82, 2.24) is 9.97 Å². The lowest BCUT2D eigenvalue weighted by molar-refractivity contribution is 0.0601. The quantitative estimate of drug-likeness (QED) is 0.410. The summed E-state index contributed by atoms with van der Waals surface area (Å²) in [6.07, 6.45) is 0. The van der Waals surface area contributed by atoms with Crippen LogP contribution in [-0.4, -0.2) is 36.7 Å². The molecule has 0 saturated heterocycles. The first-order valence-corrected chi connectivity index (χ1v) is 11.9. The van der Waals surface area contributed by atoms with Gasteiger partial charge in [0.05, 0.1) is 40.3 Å². The molecule has 33 heavy (non-hydrogen) atoms. The molecule has 3 aromatic carbocycles. The van der Waals surface area contributed by atoms with Gasteiger partial charge in [0.1, 0.15) is 0 Å². The van der Waals surface area contributed by atoms with E-state index in [2.05, 4.69) is 4.72 Å². The SMILES string of the molecule is COC(=O)c1ccc2nc(-c3ccccc3)c(-c3ccc(NS(=O)(=O)C(C)C)cc3)nc2c1. The predicted octanol–water partition coefficient (Wildman–Crippen LogP) is 4.90. The molecular weight excluding hydrogens is 438 g/mol. The summed E-state index contributed by atoms with van der Waals surface area (Å²) in [7, 11) is -2.12. The minimum absolute atomic E-state index is 0.385. The molecule has 8 heteroatoms. The molecular formula is C25H23N3O4S. The van der Waals surface area contributed by atoms with Crippen molar-refractivity contribution in [2.75, 3.05) is 11.8 Å². The minimum atomic E-state index is -3.45. The van der Waals surface area contributed by atoms with E-state index in [9.17, 15) is 13.2 Å². The van der Waals surface area contributed by atoms with Crippen molar-refractivity contribution in [2.45, 2.75) is 19.1 Å². The number of ether oxygens (including phenoxy) is 1. The molecule has 1 N–H and O–H groups in total. The van der Waals surface area contributed by atoms with Crippen molar-refractivity contribution >= 4 is 32.7 Å². The average molecular weight is 462 g/mol. The second-order valence-electron chi connectivity index (χ2n) is 7.76. The summed E-state index contributed by atoms with van der Waals surface area (Å²) in [5, 5.41) is -0.544. The van der Waals surface area contributed by atoms with Gasteiger partial charge in [-0.15, -0.1) is 0 Å². The number of carbonyl (C=O) groups is 1. The van der Waals surface area contributed by atoms with E-state index in [-0.39, 0.29) is 0 Å². The van der Waals surface area contributed by atoms with Gasteiger partial charge in [0.15, 0.2) is 0 Å². The maximum absolute atomic E-state index is 12.2. The molecule has 168 valence electrons. The lowest BCUT2D eigenvalue weighted by atomic mass is 10.0. The van der Waals surface area contributed by atoms with Crippen LogP contribution in [0.5, 0.6) is 0 Å². The van der Waals surface area contributed by atoms with Crippen molar-refractivity contribution in [3.05, 3.63) is 78.4 Å². The van der Waals surface area contributed by atoms with Crippen molar-refractivity contribution in [1.29, 1.82) is 0 Å². The van der Waals surface area contributed by atoms with Crippen LogP contribution in [0.4, 0.5) is 5.69 Å². The highest BCUT2D eigenvalue weighted by Gasteiger charge is 2.17. The normalized spacial score (nSPS) is 11.5. The molecule has 0 atom stereocenters. The van der Waals surface area contributed by atoms with Crippen molar-refractivity contribution in [2.24, 2.45) is 0 Å². The van der Waals surface area contributed by atoms with Gasteiger partial charge in [0.2, 0.25) is 10.0 Å². The third-order valence-electron chi connectivity index (χ3n) is 5.17. The number of fused-ring (bicyclic) bond motifs is 1. The topological polar surface area (TPSA) is 98.2 Å². The second kappa shape index (κ2) is 8.99. The smallest absolute Gasteiger partial charge is 0.337 e. The fourth-order valence-corrected chi connectivity index (χ4v) is 3.98. The standard InChI is InChI=1S/C25H23N3O4S/c1-16(2)33(30,31)28-20-12-9-18(10-13-20)24-23(17-7-5-4-6-8-17)26-21-14-11-19(25(29)32-3)15-22(21)27-24/h4-16,28H,1-3H3. The van der Waals surface area contributed by atoms with Crippen LogP contribution in [0, 0.1) is 0 Å². The van der Waals surface area contributed by atoms with E-state index in [1.54, 1.807) is 56.3 Å². The van der Waals surface area contributed by atoms with Crippen LogP contribution in [0.15, 0.2) is 72.8 Å². The van der Waals surface area contributed by atoms with E-state index in [4.69, 9.17) is 14.7 Å². The number of sulfonamides is 1. The Labute approximate surface area is 192 Å². The zero-order valence-electron chi connectivity index (χ0n) is 18.4. The summed E-state index contributed by atoms with van der Waals surface area (Å²) >= 11 is 0. The maximum atomic E-state index is 12.2. The number of anilines is 1. The van der Waals surface area contributed by atoms with E-state index in [1.165, 1.54) is 7.11 Å². The maximum Gasteiger partial charge on any atom is 0.337 e. The number of methoxy groups -OCH3 is 1. The molecule has 4 rings (SSSR count). The van der Waals surface area contributed by atoms with Crippen LogP contribution in [0.1, 0.15) is 24.2 Å². The van der Waals surface area contributed by atoms with Gasteiger partial charge < -0.3 is 4.74 Å². The van der Waals surface area contributed by atoms with Crippen LogP contribution in [0.25, 0.3) is 33.5 Å². The highest BCUT2D eigenvalue weighted by atomic mass is 32.2. The van der Waals surface area contributed by atoms with Gasteiger partial charge in [0.25, 0.3) is 0 Å². The van der Waals surface area contributed by atoms with Gasteiger partial charge in [-0.2, -0.15) is 0 Å². The molecule has 7 nitrogen and oxygen atoms in total. The van der Waals surface area contributed by atoms with Crippen molar-refractivity contribution in [3.8, 4) is 22.5 Å². The fourth-order valence-electron chi connectivity index (χ4n) is 3.28. The molecule has 0 radical (unpaired) electrons. The lowest BCUT2D eigenvalue weighted by Gasteiger charge is -2.13. The minimum Gasteiger partial charge on any atom is -0.465 e. The lowest BCUT2D eigenvalue weighted by Crippen LogP contribution is -2.22. The van der Waals surface area contributed by atoms with Crippen molar-refractivity contribution in [3.63, 3.8) is 0 Å². The Balaban J connectivity index is 1.84.